The lowest BCUT2D eigenvalue weighted by atomic mass is 10.1. The van der Waals surface area contributed by atoms with Crippen LogP contribution in [0.1, 0.15) is 36.3 Å². The molecule has 0 fully saturated rings. The highest BCUT2D eigenvalue weighted by molar-refractivity contribution is 6.33. The SMILES string of the molecule is CC[C@H](C)NC(=O)c1cc(-c2ccccc2Cl)nn1-c1ccc(C)cc1. The van der Waals surface area contributed by atoms with Gasteiger partial charge in [0.2, 0.25) is 0 Å². The van der Waals surface area contributed by atoms with Crippen LogP contribution in [0.2, 0.25) is 5.02 Å². The van der Waals surface area contributed by atoms with E-state index in [1.165, 1.54) is 0 Å². The highest BCUT2D eigenvalue weighted by Crippen LogP contribution is 2.28. The Labute approximate surface area is 158 Å². The van der Waals surface area contributed by atoms with E-state index < -0.39 is 0 Å². The summed E-state index contributed by atoms with van der Waals surface area (Å²) >= 11 is 6.32. The molecule has 1 atom stereocenters. The van der Waals surface area contributed by atoms with Crippen molar-refractivity contribution >= 4 is 17.5 Å². The molecule has 0 bridgehead atoms. The van der Waals surface area contributed by atoms with Crippen LogP contribution in [0.15, 0.2) is 54.6 Å². The molecule has 0 aliphatic rings. The van der Waals surface area contributed by atoms with E-state index in [9.17, 15) is 4.79 Å². The second-order valence-corrected chi connectivity index (χ2v) is 6.83. The van der Waals surface area contributed by atoms with Crippen LogP contribution in [0.25, 0.3) is 16.9 Å². The van der Waals surface area contributed by atoms with Crippen molar-refractivity contribution in [1.29, 1.82) is 0 Å². The average Bonchev–Trinajstić information content (AvgIpc) is 3.08. The molecule has 5 heteroatoms. The smallest absolute Gasteiger partial charge is 0.270 e. The van der Waals surface area contributed by atoms with Gasteiger partial charge in [-0.2, -0.15) is 5.10 Å². The summed E-state index contributed by atoms with van der Waals surface area (Å²) in [6.45, 7) is 6.05. The lowest BCUT2D eigenvalue weighted by molar-refractivity contribution is 0.0931. The van der Waals surface area contributed by atoms with E-state index in [0.29, 0.717) is 16.4 Å². The summed E-state index contributed by atoms with van der Waals surface area (Å²) in [5, 5.41) is 8.29. The molecule has 3 rings (SSSR count). The molecular formula is C21H22ClN3O. The number of carbonyl (C=O) groups excluding carboxylic acids is 1. The van der Waals surface area contributed by atoms with Gasteiger partial charge in [0.25, 0.3) is 5.91 Å². The molecule has 4 nitrogen and oxygen atoms in total. The maximum atomic E-state index is 12.8. The molecule has 0 saturated carbocycles. The Hall–Kier alpha value is -2.59. The summed E-state index contributed by atoms with van der Waals surface area (Å²) in [7, 11) is 0. The van der Waals surface area contributed by atoms with E-state index in [0.717, 1.165) is 23.2 Å². The van der Waals surface area contributed by atoms with Gasteiger partial charge in [-0.3, -0.25) is 4.79 Å². The Bertz CT molecular complexity index is 915. The molecule has 26 heavy (non-hydrogen) atoms. The summed E-state index contributed by atoms with van der Waals surface area (Å²) in [4.78, 5) is 12.8. The van der Waals surface area contributed by atoms with Crippen molar-refractivity contribution in [3.8, 4) is 16.9 Å². The first-order valence-electron chi connectivity index (χ1n) is 8.72. The predicted octanol–water partition coefficient (Wildman–Crippen LogP) is 5.03. The molecule has 1 heterocycles. The number of halogens is 1. The van der Waals surface area contributed by atoms with Gasteiger partial charge in [0.1, 0.15) is 5.69 Å². The highest BCUT2D eigenvalue weighted by Gasteiger charge is 2.19. The van der Waals surface area contributed by atoms with Crippen molar-refractivity contribution in [2.75, 3.05) is 0 Å². The van der Waals surface area contributed by atoms with Crippen molar-refractivity contribution in [1.82, 2.24) is 15.1 Å². The van der Waals surface area contributed by atoms with Crippen LogP contribution in [-0.4, -0.2) is 21.7 Å². The third-order valence-corrected chi connectivity index (χ3v) is 4.69. The van der Waals surface area contributed by atoms with Gasteiger partial charge >= 0.3 is 0 Å². The normalized spacial score (nSPS) is 12.0. The molecule has 0 unspecified atom stereocenters. The van der Waals surface area contributed by atoms with E-state index in [4.69, 9.17) is 11.6 Å². The van der Waals surface area contributed by atoms with Gasteiger partial charge in [0, 0.05) is 11.6 Å². The molecule has 134 valence electrons. The van der Waals surface area contributed by atoms with Crippen molar-refractivity contribution in [3.05, 3.63) is 70.9 Å². The Kier molecular flexibility index (Phi) is 5.43. The van der Waals surface area contributed by atoms with E-state index in [-0.39, 0.29) is 11.9 Å². The van der Waals surface area contributed by atoms with E-state index in [1.54, 1.807) is 10.7 Å². The molecule has 0 aliphatic carbocycles. The quantitative estimate of drug-likeness (QED) is 0.687. The first-order chi connectivity index (χ1) is 12.5. The Morgan fingerprint density at radius 2 is 1.88 bits per heavy atom. The summed E-state index contributed by atoms with van der Waals surface area (Å²) in [6.07, 6.45) is 0.863. The zero-order valence-corrected chi connectivity index (χ0v) is 15.9. The van der Waals surface area contributed by atoms with Crippen LogP contribution in [0.3, 0.4) is 0 Å². The van der Waals surface area contributed by atoms with Crippen molar-refractivity contribution in [2.24, 2.45) is 0 Å². The molecule has 1 aromatic heterocycles. The number of aromatic nitrogens is 2. The van der Waals surface area contributed by atoms with Crippen LogP contribution < -0.4 is 5.32 Å². The fraction of sp³-hybridized carbons (Fsp3) is 0.238. The number of benzene rings is 2. The molecule has 2 aromatic carbocycles. The molecular weight excluding hydrogens is 346 g/mol. The van der Waals surface area contributed by atoms with Crippen molar-refractivity contribution in [2.45, 2.75) is 33.2 Å². The lowest BCUT2D eigenvalue weighted by Crippen LogP contribution is -2.33. The number of rotatable bonds is 5. The van der Waals surface area contributed by atoms with Gasteiger partial charge < -0.3 is 5.32 Å². The predicted molar refractivity (Wildman–Crippen MR) is 106 cm³/mol. The molecule has 0 aliphatic heterocycles. The number of nitrogens with zero attached hydrogens (tertiary/aromatic N) is 2. The molecule has 1 amide bonds. The standard InChI is InChI=1S/C21H22ClN3O/c1-4-15(3)23-21(26)20-13-19(17-7-5-6-8-18(17)22)24-25(20)16-11-9-14(2)10-12-16/h5-13,15H,4H2,1-3H3,(H,23,26)/t15-/m0/s1. The monoisotopic (exact) mass is 367 g/mol. The van der Waals surface area contributed by atoms with Gasteiger partial charge in [0.15, 0.2) is 0 Å². The fourth-order valence-electron chi connectivity index (χ4n) is 2.63. The molecule has 0 spiro atoms. The third-order valence-electron chi connectivity index (χ3n) is 4.36. The van der Waals surface area contributed by atoms with Gasteiger partial charge in [-0.15, -0.1) is 0 Å². The largest absolute Gasteiger partial charge is 0.348 e. The number of hydrogen-bond donors (Lipinski definition) is 1. The maximum absolute atomic E-state index is 12.8. The maximum Gasteiger partial charge on any atom is 0.270 e. The number of amides is 1. The topological polar surface area (TPSA) is 46.9 Å². The average molecular weight is 368 g/mol. The number of nitrogens with one attached hydrogen (secondary N) is 1. The third kappa shape index (κ3) is 3.81. The number of aryl methyl sites for hydroxylation is 1. The van der Waals surface area contributed by atoms with Gasteiger partial charge in [0.05, 0.1) is 16.4 Å². The van der Waals surface area contributed by atoms with Crippen molar-refractivity contribution < 1.29 is 4.79 Å². The zero-order valence-electron chi connectivity index (χ0n) is 15.2. The zero-order chi connectivity index (χ0) is 18.7. The molecule has 0 radical (unpaired) electrons. The van der Waals surface area contributed by atoms with E-state index in [1.807, 2.05) is 69.3 Å². The Morgan fingerprint density at radius 1 is 1.19 bits per heavy atom. The van der Waals surface area contributed by atoms with Crippen LogP contribution in [0.5, 0.6) is 0 Å². The van der Waals surface area contributed by atoms with Crippen LogP contribution in [0.4, 0.5) is 0 Å². The summed E-state index contributed by atoms with van der Waals surface area (Å²) in [6, 6.07) is 17.3. The Morgan fingerprint density at radius 3 is 2.54 bits per heavy atom. The Balaban J connectivity index is 2.10. The fourth-order valence-corrected chi connectivity index (χ4v) is 2.86. The van der Waals surface area contributed by atoms with Gasteiger partial charge in [-0.25, -0.2) is 4.68 Å². The van der Waals surface area contributed by atoms with Crippen molar-refractivity contribution in [3.63, 3.8) is 0 Å². The molecule has 0 saturated heterocycles. The first-order valence-corrected chi connectivity index (χ1v) is 9.10. The molecule has 3 aromatic rings. The number of carbonyl (C=O) groups is 1. The summed E-state index contributed by atoms with van der Waals surface area (Å²) in [5.74, 6) is -0.147. The second kappa shape index (κ2) is 7.75. The summed E-state index contributed by atoms with van der Waals surface area (Å²) < 4.78 is 1.68. The van der Waals surface area contributed by atoms with Crippen LogP contribution in [-0.2, 0) is 0 Å². The number of hydrogen-bond acceptors (Lipinski definition) is 2. The molecule has 1 N–H and O–H groups in total. The van der Waals surface area contributed by atoms with Crippen LogP contribution >= 0.6 is 11.6 Å². The van der Waals surface area contributed by atoms with Gasteiger partial charge in [-0.05, 0) is 44.5 Å². The first kappa shape index (κ1) is 18.2. The second-order valence-electron chi connectivity index (χ2n) is 6.42. The minimum absolute atomic E-state index is 0.0904. The highest BCUT2D eigenvalue weighted by atomic mass is 35.5. The van der Waals surface area contributed by atoms with E-state index >= 15 is 0 Å². The summed E-state index contributed by atoms with van der Waals surface area (Å²) in [5.41, 5.74) is 3.95. The minimum atomic E-state index is -0.147. The van der Waals surface area contributed by atoms with E-state index in [2.05, 4.69) is 10.4 Å². The van der Waals surface area contributed by atoms with Gasteiger partial charge in [-0.1, -0.05) is 54.4 Å². The van der Waals surface area contributed by atoms with Crippen LogP contribution in [0, 0.1) is 6.92 Å². The minimum Gasteiger partial charge on any atom is -0.348 e. The lowest BCUT2D eigenvalue weighted by Gasteiger charge is -2.12.